The van der Waals surface area contributed by atoms with Gasteiger partial charge >= 0.3 is 0 Å². The highest BCUT2D eigenvalue weighted by atomic mass is 32.1. The Labute approximate surface area is 194 Å². The maximum absolute atomic E-state index is 13.8. The molecule has 2 aromatic heterocycles. The summed E-state index contributed by atoms with van der Waals surface area (Å²) in [7, 11) is 0. The van der Waals surface area contributed by atoms with Gasteiger partial charge in [0.15, 0.2) is 6.10 Å². The summed E-state index contributed by atoms with van der Waals surface area (Å²) in [5.41, 5.74) is 3.20. The Balaban J connectivity index is 1.44. The molecule has 0 radical (unpaired) electrons. The van der Waals surface area contributed by atoms with Gasteiger partial charge in [0.2, 0.25) is 5.91 Å². The maximum atomic E-state index is 13.8. The average Bonchev–Trinajstić information content (AvgIpc) is 3.58. The first kappa shape index (κ1) is 20.2. The lowest BCUT2D eigenvalue weighted by molar-refractivity contribution is -0.126. The Bertz CT molecular complexity index is 1310. The highest BCUT2D eigenvalue weighted by Gasteiger charge is 2.62. The fourth-order valence-corrected chi connectivity index (χ4v) is 6.56. The molecular weight excluding hydrogens is 438 g/mol. The van der Waals surface area contributed by atoms with Crippen molar-refractivity contribution in [1.82, 2.24) is 0 Å². The number of hydrogen-bond donors (Lipinski definition) is 0. The summed E-state index contributed by atoms with van der Waals surface area (Å²) < 4.78 is 5.70. The van der Waals surface area contributed by atoms with E-state index < -0.39 is 24.0 Å². The second kappa shape index (κ2) is 7.58. The molecule has 0 N–H and O–H groups in total. The number of thiophene rings is 1. The molecule has 0 saturated carbocycles. The van der Waals surface area contributed by atoms with E-state index in [1.807, 2.05) is 31.2 Å². The first-order chi connectivity index (χ1) is 16.1. The molecule has 2 aliphatic heterocycles. The number of nitriles is 1. The SMILES string of the molecule is Cc1ccccc1N1O[C@@H]2C(=O)N(c3sc4c(c3C#N)CCCC4)C(=O)[C@H]2[C@@H]1c1ccco1. The number of fused-ring (bicyclic) bond motifs is 2. The predicted octanol–water partition coefficient (Wildman–Crippen LogP) is 4.45. The van der Waals surface area contributed by atoms with Crippen molar-refractivity contribution in [3.63, 3.8) is 0 Å². The number of hydrogen-bond acceptors (Lipinski definition) is 7. The van der Waals surface area contributed by atoms with E-state index >= 15 is 0 Å². The first-order valence-corrected chi connectivity index (χ1v) is 11.9. The molecule has 2 amide bonds. The number of furan rings is 1. The van der Waals surface area contributed by atoms with Crippen LogP contribution in [0.2, 0.25) is 0 Å². The Morgan fingerprint density at radius 2 is 1.91 bits per heavy atom. The summed E-state index contributed by atoms with van der Waals surface area (Å²) in [6.07, 6.45) is 4.34. The molecular formula is C25H21N3O4S. The standard InChI is InChI=1S/C25H21N3O4S/c1-14-7-2-4-9-17(14)28-21(18-10-6-12-31-18)20-22(32-28)24(30)27(23(20)29)25-16(13-26)15-8-3-5-11-19(15)33-25/h2,4,6-7,9-10,12,20-22H,3,5,8,11H2,1H3/t20-,21-,22-/m0/s1. The molecule has 2 fully saturated rings. The smallest absolute Gasteiger partial charge is 0.267 e. The Morgan fingerprint density at radius 3 is 2.67 bits per heavy atom. The van der Waals surface area contributed by atoms with Crippen LogP contribution in [0.15, 0.2) is 47.1 Å². The monoisotopic (exact) mass is 459 g/mol. The molecule has 0 spiro atoms. The third kappa shape index (κ3) is 2.89. The number of carbonyl (C=O) groups excluding carboxylic acids is 2. The molecule has 6 rings (SSSR count). The number of aryl methyl sites for hydroxylation is 2. The molecule has 33 heavy (non-hydrogen) atoms. The highest BCUT2D eigenvalue weighted by molar-refractivity contribution is 7.17. The van der Waals surface area contributed by atoms with Crippen molar-refractivity contribution in [2.45, 2.75) is 44.8 Å². The molecule has 4 heterocycles. The quantitative estimate of drug-likeness (QED) is 0.538. The summed E-state index contributed by atoms with van der Waals surface area (Å²) in [5.74, 6) is -0.987. The molecule has 7 nitrogen and oxygen atoms in total. The highest BCUT2D eigenvalue weighted by Crippen LogP contribution is 2.50. The van der Waals surface area contributed by atoms with Crippen molar-refractivity contribution in [3.8, 4) is 6.07 Å². The lowest BCUT2D eigenvalue weighted by Gasteiger charge is -2.28. The van der Waals surface area contributed by atoms with Crippen LogP contribution in [-0.2, 0) is 27.3 Å². The van der Waals surface area contributed by atoms with Crippen molar-refractivity contribution in [2.75, 3.05) is 9.96 Å². The Morgan fingerprint density at radius 1 is 1.09 bits per heavy atom. The molecule has 0 unspecified atom stereocenters. The summed E-state index contributed by atoms with van der Waals surface area (Å²) in [5, 5.41) is 12.0. The third-order valence-corrected chi connectivity index (χ3v) is 8.05. The number of nitrogens with zero attached hydrogens (tertiary/aromatic N) is 3. The van der Waals surface area contributed by atoms with Crippen molar-refractivity contribution in [2.24, 2.45) is 5.92 Å². The summed E-state index contributed by atoms with van der Waals surface area (Å²) in [4.78, 5) is 35.9. The van der Waals surface area contributed by atoms with Gasteiger partial charge in [-0.05, 0) is 61.9 Å². The number of amides is 2. The zero-order valence-electron chi connectivity index (χ0n) is 18.0. The molecule has 166 valence electrons. The molecule has 3 aromatic rings. The van der Waals surface area contributed by atoms with Gasteiger partial charge in [-0.25, -0.2) is 9.96 Å². The predicted molar refractivity (Wildman–Crippen MR) is 122 cm³/mol. The van der Waals surface area contributed by atoms with Crippen LogP contribution in [0, 0.1) is 24.2 Å². The molecule has 1 aliphatic carbocycles. The van der Waals surface area contributed by atoms with Gasteiger partial charge in [0.25, 0.3) is 5.91 Å². The number of benzene rings is 1. The lowest BCUT2D eigenvalue weighted by Crippen LogP contribution is -2.37. The minimum atomic E-state index is -0.974. The fourth-order valence-electron chi connectivity index (χ4n) is 5.21. The molecule has 3 aliphatic rings. The number of hydroxylamine groups is 1. The zero-order chi connectivity index (χ0) is 22.7. The van der Waals surface area contributed by atoms with Gasteiger partial charge in [-0.1, -0.05) is 18.2 Å². The van der Waals surface area contributed by atoms with E-state index in [1.54, 1.807) is 23.5 Å². The topological polar surface area (TPSA) is 86.8 Å². The second-order valence-corrected chi connectivity index (χ2v) is 9.72. The summed E-state index contributed by atoms with van der Waals surface area (Å²) >= 11 is 1.40. The second-order valence-electron chi connectivity index (χ2n) is 8.64. The van der Waals surface area contributed by atoms with Gasteiger partial charge in [0.1, 0.15) is 28.8 Å². The minimum Gasteiger partial charge on any atom is -0.467 e. The van der Waals surface area contributed by atoms with Crippen molar-refractivity contribution in [1.29, 1.82) is 5.26 Å². The summed E-state index contributed by atoms with van der Waals surface area (Å²) in [6, 6.07) is 12.9. The van der Waals surface area contributed by atoms with Crippen molar-refractivity contribution < 1.29 is 18.8 Å². The largest absolute Gasteiger partial charge is 0.467 e. The minimum absolute atomic E-state index is 0.349. The van der Waals surface area contributed by atoms with Crippen LogP contribution in [-0.4, -0.2) is 17.9 Å². The van der Waals surface area contributed by atoms with E-state index in [-0.39, 0.29) is 5.91 Å². The molecule has 2 saturated heterocycles. The Kier molecular flexibility index (Phi) is 4.64. The number of para-hydroxylation sites is 1. The zero-order valence-corrected chi connectivity index (χ0v) is 18.8. The van der Waals surface area contributed by atoms with E-state index in [0.717, 1.165) is 47.4 Å². The molecule has 3 atom stereocenters. The van der Waals surface area contributed by atoms with Crippen molar-refractivity contribution in [3.05, 3.63) is 70.0 Å². The van der Waals surface area contributed by atoms with Gasteiger partial charge in [-0.3, -0.25) is 14.4 Å². The molecule has 8 heteroatoms. The number of carbonyl (C=O) groups is 2. The summed E-state index contributed by atoms with van der Waals surface area (Å²) in [6.45, 7) is 1.96. The average molecular weight is 460 g/mol. The Hall–Kier alpha value is -3.41. The van der Waals surface area contributed by atoms with Gasteiger partial charge < -0.3 is 4.42 Å². The van der Waals surface area contributed by atoms with E-state index in [1.165, 1.54) is 16.2 Å². The van der Waals surface area contributed by atoms with Crippen LogP contribution < -0.4 is 9.96 Å². The maximum Gasteiger partial charge on any atom is 0.267 e. The van der Waals surface area contributed by atoms with Gasteiger partial charge in [-0.15, -0.1) is 11.3 Å². The fraction of sp³-hybridized carbons (Fsp3) is 0.320. The van der Waals surface area contributed by atoms with Crippen LogP contribution in [0.25, 0.3) is 0 Å². The number of anilines is 2. The van der Waals surface area contributed by atoms with E-state index in [0.29, 0.717) is 16.3 Å². The first-order valence-electron chi connectivity index (χ1n) is 11.1. The van der Waals surface area contributed by atoms with Gasteiger partial charge in [0.05, 0.1) is 17.5 Å². The van der Waals surface area contributed by atoms with E-state index in [9.17, 15) is 14.9 Å². The number of rotatable bonds is 3. The van der Waals surface area contributed by atoms with Crippen molar-refractivity contribution >= 4 is 33.8 Å². The molecule has 1 aromatic carbocycles. The van der Waals surface area contributed by atoms with Gasteiger partial charge in [0, 0.05) is 4.88 Å². The molecule has 0 bridgehead atoms. The van der Waals surface area contributed by atoms with Crippen LogP contribution in [0.5, 0.6) is 0 Å². The normalized spacial score (nSPS) is 24.2. The van der Waals surface area contributed by atoms with Gasteiger partial charge in [-0.2, -0.15) is 5.26 Å². The lowest BCUT2D eigenvalue weighted by atomic mass is 9.94. The third-order valence-electron chi connectivity index (χ3n) is 6.77. The van der Waals surface area contributed by atoms with Crippen LogP contribution in [0.4, 0.5) is 10.7 Å². The van der Waals surface area contributed by atoms with Crippen LogP contribution in [0.1, 0.15) is 46.2 Å². The van der Waals surface area contributed by atoms with E-state index in [2.05, 4.69) is 6.07 Å². The number of imide groups is 1. The van der Waals surface area contributed by atoms with Crippen LogP contribution in [0.3, 0.4) is 0 Å². The van der Waals surface area contributed by atoms with E-state index in [4.69, 9.17) is 9.25 Å². The van der Waals surface area contributed by atoms with Crippen LogP contribution >= 0.6 is 11.3 Å².